The van der Waals surface area contributed by atoms with Gasteiger partial charge in [-0.15, -0.1) is 10.2 Å². The topological polar surface area (TPSA) is 104 Å². The minimum atomic E-state index is -0.499. The Morgan fingerprint density at radius 3 is 2.90 bits per heavy atom. The third kappa shape index (κ3) is 3.41. The largest absolute Gasteiger partial charge is 0.485 e. The molecule has 0 spiro atoms. The highest BCUT2D eigenvalue weighted by Crippen LogP contribution is 2.36. The van der Waals surface area contributed by atoms with Crippen LogP contribution in [0.25, 0.3) is 0 Å². The molecule has 2 aromatic carbocycles. The lowest BCUT2D eigenvalue weighted by atomic mass is 9.99. The number of Topliss-reactive ketones (excluding diaryl/α,β-unsaturated/α-hetero) is 1. The molecule has 1 N–H and O–H groups in total. The molecule has 1 aromatic heterocycles. The number of nitrogens with one attached hydrogen (secondary N) is 1. The molecule has 5 rings (SSSR count). The lowest BCUT2D eigenvalue weighted by molar-refractivity contribution is -0.116. The first kappa shape index (κ1) is 18.7. The van der Waals surface area contributed by atoms with Crippen LogP contribution in [-0.4, -0.2) is 34.2 Å². The molecule has 8 nitrogen and oxygen atoms in total. The summed E-state index contributed by atoms with van der Waals surface area (Å²) < 4.78 is 17.2. The van der Waals surface area contributed by atoms with Gasteiger partial charge >= 0.3 is 0 Å². The van der Waals surface area contributed by atoms with E-state index < -0.39 is 6.10 Å². The van der Waals surface area contributed by atoms with Crippen molar-refractivity contribution in [3.05, 3.63) is 59.5 Å². The molecule has 0 unspecified atom stereocenters. The molecule has 0 saturated heterocycles. The molecule has 2 aliphatic heterocycles. The van der Waals surface area contributed by atoms with Crippen molar-refractivity contribution in [1.29, 1.82) is 0 Å². The first-order chi connectivity index (χ1) is 14.6. The van der Waals surface area contributed by atoms with E-state index in [1.165, 1.54) is 0 Å². The van der Waals surface area contributed by atoms with E-state index in [1.54, 1.807) is 18.2 Å². The highest BCUT2D eigenvalue weighted by molar-refractivity contribution is 7.99. The smallest absolute Gasteiger partial charge is 0.277 e. The first-order valence-corrected chi connectivity index (χ1v) is 10.4. The number of rotatable bonds is 5. The number of aromatic nitrogens is 2. The van der Waals surface area contributed by atoms with Crippen molar-refractivity contribution in [2.75, 3.05) is 17.7 Å². The zero-order valence-corrected chi connectivity index (χ0v) is 16.8. The Morgan fingerprint density at radius 1 is 1.20 bits per heavy atom. The summed E-state index contributed by atoms with van der Waals surface area (Å²) in [5.74, 6) is 1.33. The molecule has 0 saturated carbocycles. The SMILES string of the molecule is C[C@@H]1C(=O)Nc2ccc(C(=O)CSc3nnc([C@H]4COc5ccccc5O4)o3)cc21. The molecular formula is C21H17N3O5S. The number of nitrogens with zero attached hydrogens (tertiary/aromatic N) is 2. The molecule has 0 radical (unpaired) electrons. The first-order valence-electron chi connectivity index (χ1n) is 9.41. The van der Waals surface area contributed by atoms with Crippen molar-refractivity contribution in [3.63, 3.8) is 0 Å². The molecule has 0 fully saturated rings. The Bertz CT molecular complexity index is 1150. The normalized spacial score (nSPS) is 19.3. The Balaban J connectivity index is 1.23. The summed E-state index contributed by atoms with van der Waals surface area (Å²) in [6.45, 7) is 2.09. The van der Waals surface area contributed by atoms with Gasteiger partial charge in [-0.25, -0.2) is 0 Å². The third-order valence-electron chi connectivity index (χ3n) is 5.02. The highest BCUT2D eigenvalue weighted by atomic mass is 32.2. The standard InChI is InChI=1S/C21H17N3O5S/c1-11-13-8-12(6-7-14(13)22-19(11)26)15(25)10-30-21-24-23-20(29-21)18-9-27-16-4-2-3-5-17(16)28-18/h2-8,11,18H,9-10H2,1H3,(H,22,26)/t11-,18+/m0/s1. The Hall–Kier alpha value is -3.33. The number of amides is 1. The van der Waals surface area contributed by atoms with Crippen molar-refractivity contribution >= 4 is 29.1 Å². The van der Waals surface area contributed by atoms with Gasteiger partial charge in [0, 0.05) is 11.3 Å². The summed E-state index contributed by atoms with van der Waals surface area (Å²) >= 11 is 1.16. The second-order valence-electron chi connectivity index (χ2n) is 7.00. The van der Waals surface area contributed by atoms with Crippen molar-refractivity contribution in [2.45, 2.75) is 24.2 Å². The van der Waals surface area contributed by atoms with Gasteiger partial charge in [-0.3, -0.25) is 9.59 Å². The van der Waals surface area contributed by atoms with Crippen LogP contribution < -0.4 is 14.8 Å². The number of carbonyl (C=O) groups excluding carboxylic acids is 2. The van der Waals surface area contributed by atoms with E-state index in [0.29, 0.717) is 23.0 Å². The number of carbonyl (C=O) groups is 2. The molecular weight excluding hydrogens is 406 g/mol. The summed E-state index contributed by atoms with van der Waals surface area (Å²) in [4.78, 5) is 24.4. The van der Waals surface area contributed by atoms with Gasteiger partial charge in [-0.2, -0.15) is 0 Å². The van der Waals surface area contributed by atoms with Crippen LogP contribution in [0.15, 0.2) is 52.1 Å². The number of ketones is 1. The zero-order chi connectivity index (χ0) is 20.7. The molecule has 30 heavy (non-hydrogen) atoms. The van der Waals surface area contributed by atoms with Crippen LogP contribution in [-0.2, 0) is 4.79 Å². The summed E-state index contributed by atoms with van der Waals surface area (Å²) in [7, 11) is 0. The second-order valence-corrected chi connectivity index (χ2v) is 7.92. The number of anilines is 1. The average Bonchev–Trinajstić information content (AvgIpc) is 3.36. The molecule has 9 heteroatoms. The quantitative estimate of drug-likeness (QED) is 0.490. The fraction of sp³-hybridized carbons (Fsp3) is 0.238. The Labute approximate surface area is 176 Å². The van der Waals surface area contributed by atoms with Crippen molar-refractivity contribution < 1.29 is 23.5 Å². The second kappa shape index (κ2) is 7.49. The van der Waals surface area contributed by atoms with Crippen LogP contribution in [0, 0.1) is 0 Å². The molecule has 0 aliphatic carbocycles. The molecule has 152 valence electrons. The zero-order valence-electron chi connectivity index (χ0n) is 16.0. The van der Waals surface area contributed by atoms with E-state index in [-0.39, 0.29) is 35.2 Å². The predicted molar refractivity (Wildman–Crippen MR) is 108 cm³/mol. The minimum absolute atomic E-state index is 0.0566. The van der Waals surface area contributed by atoms with Gasteiger partial charge in [0.25, 0.3) is 11.1 Å². The predicted octanol–water partition coefficient (Wildman–Crippen LogP) is 3.61. The van der Waals surface area contributed by atoms with E-state index in [4.69, 9.17) is 13.9 Å². The van der Waals surface area contributed by atoms with E-state index in [9.17, 15) is 9.59 Å². The third-order valence-corrected chi connectivity index (χ3v) is 5.84. The number of thioether (sulfide) groups is 1. The molecule has 0 bridgehead atoms. The van der Waals surface area contributed by atoms with Crippen molar-refractivity contribution in [2.24, 2.45) is 0 Å². The Kier molecular flexibility index (Phi) is 4.66. The van der Waals surface area contributed by atoms with E-state index in [2.05, 4.69) is 15.5 Å². The van der Waals surface area contributed by atoms with Gasteiger partial charge in [0.05, 0.1) is 11.7 Å². The van der Waals surface area contributed by atoms with Crippen LogP contribution in [0.1, 0.15) is 40.8 Å². The van der Waals surface area contributed by atoms with Crippen molar-refractivity contribution in [1.82, 2.24) is 10.2 Å². The molecule has 1 amide bonds. The average molecular weight is 423 g/mol. The lowest BCUT2D eigenvalue weighted by Crippen LogP contribution is -2.21. The van der Waals surface area contributed by atoms with Gasteiger partial charge in [-0.1, -0.05) is 23.9 Å². The van der Waals surface area contributed by atoms with Gasteiger partial charge in [0.2, 0.25) is 12.0 Å². The van der Waals surface area contributed by atoms with Crippen LogP contribution in [0.5, 0.6) is 11.5 Å². The maximum atomic E-state index is 12.6. The Morgan fingerprint density at radius 2 is 2.03 bits per heavy atom. The summed E-state index contributed by atoms with van der Waals surface area (Å²) in [6.07, 6.45) is -0.499. The van der Waals surface area contributed by atoms with Crippen LogP contribution in [0.2, 0.25) is 0 Å². The summed E-state index contributed by atoms with van der Waals surface area (Å²) in [5.41, 5.74) is 2.14. The lowest BCUT2D eigenvalue weighted by Gasteiger charge is -2.23. The van der Waals surface area contributed by atoms with Crippen LogP contribution in [0.3, 0.4) is 0 Å². The number of benzene rings is 2. The monoisotopic (exact) mass is 423 g/mol. The molecule has 3 heterocycles. The fourth-order valence-corrected chi connectivity index (χ4v) is 4.02. The maximum absolute atomic E-state index is 12.6. The van der Waals surface area contributed by atoms with Crippen molar-refractivity contribution in [3.8, 4) is 11.5 Å². The summed E-state index contributed by atoms with van der Waals surface area (Å²) in [6, 6.07) is 12.6. The maximum Gasteiger partial charge on any atom is 0.277 e. The number of fused-ring (bicyclic) bond motifs is 2. The number of ether oxygens (including phenoxy) is 2. The van der Waals surface area contributed by atoms with E-state index in [0.717, 1.165) is 23.0 Å². The van der Waals surface area contributed by atoms with Gasteiger partial charge in [-0.05, 0) is 42.8 Å². The van der Waals surface area contributed by atoms with E-state index >= 15 is 0 Å². The fourth-order valence-electron chi connectivity index (χ4n) is 3.35. The van der Waals surface area contributed by atoms with Crippen LogP contribution in [0.4, 0.5) is 5.69 Å². The number of para-hydroxylation sites is 2. The van der Waals surface area contributed by atoms with Gasteiger partial charge < -0.3 is 19.2 Å². The number of hydrogen-bond acceptors (Lipinski definition) is 8. The summed E-state index contributed by atoms with van der Waals surface area (Å²) in [5, 5.41) is 11.1. The molecule has 3 aromatic rings. The molecule has 2 aliphatic rings. The molecule has 2 atom stereocenters. The van der Waals surface area contributed by atoms with Crippen LogP contribution >= 0.6 is 11.8 Å². The highest BCUT2D eigenvalue weighted by Gasteiger charge is 2.29. The minimum Gasteiger partial charge on any atom is -0.485 e. The van der Waals surface area contributed by atoms with Gasteiger partial charge in [0.15, 0.2) is 17.3 Å². The number of hydrogen-bond donors (Lipinski definition) is 1. The van der Waals surface area contributed by atoms with Gasteiger partial charge in [0.1, 0.15) is 6.61 Å². The van der Waals surface area contributed by atoms with E-state index in [1.807, 2.05) is 31.2 Å².